The second-order valence-electron chi connectivity index (χ2n) is 8.16. The SMILES string of the molecule is CCOC(=O)C1=C(COC(=O)CCCN2C(=O)c3ccccc3C2=O)NC(=O)N[C@H]1c1ccc(C)o1. The van der Waals surface area contributed by atoms with Gasteiger partial charge in [-0.25, -0.2) is 9.59 Å². The molecule has 0 spiro atoms. The number of nitrogens with one attached hydrogen (secondary N) is 2. The molecule has 11 nitrogen and oxygen atoms in total. The number of carbonyl (C=O) groups excluding carboxylic acids is 5. The monoisotopic (exact) mass is 495 g/mol. The molecule has 4 rings (SSSR count). The smallest absolute Gasteiger partial charge is 0.338 e. The van der Waals surface area contributed by atoms with Gasteiger partial charge < -0.3 is 24.5 Å². The summed E-state index contributed by atoms with van der Waals surface area (Å²) in [5.41, 5.74) is 0.813. The van der Waals surface area contributed by atoms with E-state index in [1.807, 2.05) is 0 Å². The molecule has 36 heavy (non-hydrogen) atoms. The number of ether oxygens (including phenoxy) is 2. The van der Waals surface area contributed by atoms with Crippen molar-refractivity contribution in [1.29, 1.82) is 0 Å². The molecule has 0 fully saturated rings. The minimum Gasteiger partial charge on any atom is -0.464 e. The van der Waals surface area contributed by atoms with Gasteiger partial charge in [-0.2, -0.15) is 0 Å². The Kier molecular flexibility index (Phi) is 7.18. The van der Waals surface area contributed by atoms with E-state index < -0.39 is 35.8 Å². The third kappa shape index (κ3) is 4.99. The minimum atomic E-state index is -0.922. The van der Waals surface area contributed by atoms with E-state index in [-0.39, 0.29) is 43.9 Å². The van der Waals surface area contributed by atoms with Crippen molar-refractivity contribution in [3.63, 3.8) is 0 Å². The van der Waals surface area contributed by atoms with Crippen LogP contribution in [0.4, 0.5) is 4.79 Å². The van der Waals surface area contributed by atoms with E-state index in [9.17, 15) is 24.0 Å². The fourth-order valence-corrected chi connectivity index (χ4v) is 4.05. The van der Waals surface area contributed by atoms with Crippen molar-refractivity contribution >= 4 is 29.8 Å². The summed E-state index contributed by atoms with van der Waals surface area (Å²) >= 11 is 0. The predicted molar refractivity (Wildman–Crippen MR) is 124 cm³/mol. The third-order valence-corrected chi connectivity index (χ3v) is 5.71. The lowest BCUT2D eigenvalue weighted by molar-refractivity contribution is -0.144. The van der Waals surface area contributed by atoms with Crippen LogP contribution in [0.2, 0.25) is 0 Å². The summed E-state index contributed by atoms with van der Waals surface area (Å²) < 4.78 is 16.0. The van der Waals surface area contributed by atoms with Gasteiger partial charge in [-0.15, -0.1) is 0 Å². The molecule has 1 aromatic carbocycles. The Hall–Kier alpha value is -4.41. The van der Waals surface area contributed by atoms with Crippen molar-refractivity contribution in [2.45, 2.75) is 32.7 Å². The Balaban J connectivity index is 1.39. The number of fused-ring (bicyclic) bond motifs is 1. The zero-order valence-electron chi connectivity index (χ0n) is 19.8. The number of esters is 2. The van der Waals surface area contributed by atoms with Gasteiger partial charge in [0.1, 0.15) is 24.2 Å². The molecule has 2 aromatic rings. The molecule has 2 aliphatic heterocycles. The standard InChI is InChI=1S/C25H25N3O8/c1-3-34-24(32)20-17(26-25(33)27-21(20)18-11-10-14(2)36-18)13-35-19(29)9-6-12-28-22(30)15-7-4-5-8-16(15)23(28)31/h4-5,7-8,10-11,21H,3,6,9,12-13H2,1-2H3,(H2,26,27,33)/t21-/m0/s1. The van der Waals surface area contributed by atoms with Crippen molar-refractivity contribution in [2.75, 3.05) is 19.8 Å². The molecular formula is C25H25N3O8. The van der Waals surface area contributed by atoms with E-state index in [0.717, 1.165) is 4.90 Å². The number of amides is 4. The fourth-order valence-electron chi connectivity index (χ4n) is 4.05. The second kappa shape index (κ2) is 10.5. The molecule has 188 valence electrons. The summed E-state index contributed by atoms with van der Waals surface area (Å²) in [4.78, 5) is 63.3. The van der Waals surface area contributed by atoms with Crippen LogP contribution in [0.3, 0.4) is 0 Å². The number of nitrogens with zero attached hydrogens (tertiary/aromatic N) is 1. The second-order valence-corrected chi connectivity index (χ2v) is 8.16. The number of rotatable bonds is 9. The van der Waals surface area contributed by atoms with Gasteiger partial charge in [-0.1, -0.05) is 12.1 Å². The molecule has 1 atom stereocenters. The predicted octanol–water partition coefficient (Wildman–Crippen LogP) is 2.38. The van der Waals surface area contributed by atoms with Crippen LogP contribution in [0.1, 0.15) is 58.0 Å². The first-order valence-electron chi connectivity index (χ1n) is 11.4. The molecule has 0 saturated carbocycles. The van der Waals surface area contributed by atoms with Gasteiger partial charge in [0.05, 0.1) is 29.0 Å². The maximum absolute atomic E-state index is 12.7. The topological polar surface area (TPSA) is 144 Å². The molecular weight excluding hydrogens is 470 g/mol. The highest BCUT2D eigenvalue weighted by Crippen LogP contribution is 2.29. The first-order valence-corrected chi connectivity index (χ1v) is 11.4. The van der Waals surface area contributed by atoms with Crippen LogP contribution in [0.25, 0.3) is 0 Å². The van der Waals surface area contributed by atoms with Crippen LogP contribution in [0.15, 0.2) is 52.1 Å². The minimum absolute atomic E-state index is 0.0544. The molecule has 11 heteroatoms. The van der Waals surface area contributed by atoms with Crippen molar-refractivity contribution in [3.05, 3.63) is 70.3 Å². The molecule has 3 heterocycles. The molecule has 4 amide bonds. The van der Waals surface area contributed by atoms with Crippen molar-refractivity contribution in [2.24, 2.45) is 0 Å². The van der Waals surface area contributed by atoms with Gasteiger partial charge >= 0.3 is 18.0 Å². The average Bonchev–Trinajstić information content (AvgIpc) is 3.39. The molecule has 0 aliphatic carbocycles. The Morgan fingerprint density at radius 1 is 1.03 bits per heavy atom. The molecule has 0 unspecified atom stereocenters. The van der Waals surface area contributed by atoms with E-state index in [1.165, 1.54) is 0 Å². The van der Waals surface area contributed by atoms with Gasteiger partial charge in [0.25, 0.3) is 11.8 Å². The molecule has 0 radical (unpaired) electrons. The lowest BCUT2D eigenvalue weighted by Gasteiger charge is -2.27. The van der Waals surface area contributed by atoms with Crippen LogP contribution >= 0.6 is 0 Å². The van der Waals surface area contributed by atoms with E-state index in [4.69, 9.17) is 13.9 Å². The van der Waals surface area contributed by atoms with E-state index in [1.54, 1.807) is 50.2 Å². The van der Waals surface area contributed by atoms with E-state index >= 15 is 0 Å². The highest BCUT2D eigenvalue weighted by Gasteiger charge is 2.36. The summed E-state index contributed by atoms with van der Waals surface area (Å²) in [5.74, 6) is -1.20. The average molecular weight is 495 g/mol. The van der Waals surface area contributed by atoms with Crippen LogP contribution in [0, 0.1) is 6.92 Å². The lowest BCUT2D eigenvalue weighted by Crippen LogP contribution is -2.47. The summed E-state index contributed by atoms with van der Waals surface area (Å²) in [5, 5.41) is 5.12. The van der Waals surface area contributed by atoms with Crippen LogP contribution in [-0.4, -0.2) is 54.4 Å². The number of hydrogen-bond acceptors (Lipinski definition) is 8. The Morgan fingerprint density at radius 2 is 1.72 bits per heavy atom. The first kappa shape index (κ1) is 24.7. The van der Waals surface area contributed by atoms with Crippen molar-refractivity contribution < 1.29 is 37.9 Å². The number of aryl methyl sites for hydroxylation is 1. The zero-order chi connectivity index (χ0) is 25.8. The van der Waals surface area contributed by atoms with Crippen molar-refractivity contribution in [1.82, 2.24) is 15.5 Å². The zero-order valence-corrected chi connectivity index (χ0v) is 19.8. The van der Waals surface area contributed by atoms with Gasteiger partial charge in [-0.05, 0) is 44.5 Å². The largest absolute Gasteiger partial charge is 0.464 e. The first-order chi connectivity index (χ1) is 17.3. The van der Waals surface area contributed by atoms with Gasteiger partial charge in [0, 0.05) is 13.0 Å². The summed E-state index contributed by atoms with van der Waals surface area (Å²) in [6.45, 7) is 3.14. The molecule has 2 N–H and O–H groups in total. The molecule has 2 aliphatic rings. The molecule has 0 saturated heterocycles. The summed E-state index contributed by atoms with van der Waals surface area (Å²) in [6.07, 6.45) is 0.110. The van der Waals surface area contributed by atoms with Gasteiger partial charge in [0.15, 0.2) is 0 Å². The normalized spacial score (nSPS) is 17.0. The Morgan fingerprint density at radius 3 is 2.33 bits per heavy atom. The highest BCUT2D eigenvalue weighted by atomic mass is 16.5. The quantitative estimate of drug-likeness (QED) is 0.399. The third-order valence-electron chi connectivity index (χ3n) is 5.71. The number of furan rings is 1. The number of hydrogen-bond donors (Lipinski definition) is 2. The number of imide groups is 1. The fraction of sp³-hybridized carbons (Fsp3) is 0.320. The van der Waals surface area contributed by atoms with Crippen molar-refractivity contribution in [3.8, 4) is 0 Å². The lowest BCUT2D eigenvalue weighted by atomic mass is 10.0. The Bertz CT molecular complexity index is 1230. The number of urea groups is 1. The molecule has 0 bridgehead atoms. The maximum atomic E-state index is 12.7. The van der Waals surface area contributed by atoms with E-state index in [0.29, 0.717) is 22.6 Å². The molecule has 1 aromatic heterocycles. The van der Waals surface area contributed by atoms with Crippen LogP contribution in [0.5, 0.6) is 0 Å². The summed E-state index contributed by atoms with van der Waals surface area (Å²) in [6, 6.07) is 8.34. The van der Waals surface area contributed by atoms with Gasteiger partial charge in [0.2, 0.25) is 0 Å². The van der Waals surface area contributed by atoms with Crippen LogP contribution < -0.4 is 10.6 Å². The van der Waals surface area contributed by atoms with E-state index in [2.05, 4.69) is 10.6 Å². The van der Waals surface area contributed by atoms with Gasteiger partial charge in [-0.3, -0.25) is 19.3 Å². The number of carbonyl (C=O) groups is 5. The maximum Gasteiger partial charge on any atom is 0.338 e. The number of benzene rings is 1. The summed E-state index contributed by atoms with van der Waals surface area (Å²) in [7, 11) is 0. The Labute approximate surface area is 206 Å². The van der Waals surface area contributed by atoms with Crippen LogP contribution in [-0.2, 0) is 19.1 Å². The highest BCUT2D eigenvalue weighted by molar-refractivity contribution is 6.21.